The Morgan fingerprint density at radius 1 is 1.05 bits per heavy atom. The standard InChI is InChI=1S/C19H26O2/c20-19(10-9-18-6-3-11-21-18)16-7-8-17(19)13-15-5-2-1-4-14(15)12-16/h1-2,4-5,16-18,20H,3,6-13H2. The van der Waals surface area contributed by atoms with Crippen LogP contribution in [0, 0.1) is 11.8 Å². The molecule has 1 saturated carbocycles. The molecule has 21 heavy (non-hydrogen) atoms. The Bertz CT molecular complexity index is 471. The number of aliphatic hydroxyl groups is 1. The van der Waals surface area contributed by atoms with Gasteiger partial charge in [-0.1, -0.05) is 24.3 Å². The lowest BCUT2D eigenvalue weighted by molar-refractivity contribution is -0.0515. The van der Waals surface area contributed by atoms with Gasteiger partial charge in [-0.3, -0.25) is 0 Å². The number of ether oxygens (including phenoxy) is 1. The summed E-state index contributed by atoms with van der Waals surface area (Å²) in [5.41, 5.74) is 2.49. The van der Waals surface area contributed by atoms with Gasteiger partial charge in [0.2, 0.25) is 0 Å². The average Bonchev–Trinajstić information content (AvgIpc) is 3.05. The molecule has 1 aliphatic heterocycles. The van der Waals surface area contributed by atoms with Crippen molar-refractivity contribution in [2.75, 3.05) is 6.61 Å². The molecule has 2 bridgehead atoms. The molecular weight excluding hydrogens is 260 g/mol. The molecule has 114 valence electrons. The first kappa shape index (κ1) is 13.8. The molecule has 1 aromatic rings. The quantitative estimate of drug-likeness (QED) is 0.921. The summed E-state index contributed by atoms with van der Waals surface area (Å²) < 4.78 is 5.76. The van der Waals surface area contributed by atoms with Gasteiger partial charge in [-0.15, -0.1) is 0 Å². The van der Waals surface area contributed by atoms with Crippen LogP contribution < -0.4 is 0 Å². The van der Waals surface area contributed by atoms with Crippen molar-refractivity contribution in [1.29, 1.82) is 0 Å². The summed E-state index contributed by atoms with van der Waals surface area (Å²) in [5, 5.41) is 11.4. The second-order valence-electron chi connectivity index (χ2n) is 7.31. The van der Waals surface area contributed by atoms with E-state index in [1.807, 2.05) is 0 Å². The highest BCUT2D eigenvalue weighted by Crippen LogP contribution is 2.49. The Morgan fingerprint density at radius 2 is 1.71 bits per heavy atom. The van der Waals surface area contributed by atoms with Crippen LogP contribution in [0.5, 0.6) is 0 Å². The Labute approximate surface area is 127 Å². The molecule has 3 atom stereocenters. The van der Waals surface area contributed by atoms with E-state index in [1.165, 1.54) is 36.8 Å². The summed E-state index contributed by atoms with van der Waals surface area (Å²) >= 11 is 0. The van der Waals surface area contributed by atoms with Crippen LogP contribution in [-0.4, -0.2) is 23.4 Å². The highest BCUT2D eigenvalue weighted by molar-refractivity contribution is 5.31. The molecule has 1 saturated heterocycles. The maximum atomic E-state index is 11.4. The lowest BCUT2D eigenvalue weighted by Crippen LogP contribution is -2.41. The molecule has 3 unspecified atom stereocenters. The molecule has 1 heterocycles. The third-order valence-corrected chi connectivity index (χ3v) is 6.22. The number of fused-ring (bicyclic) bond motifs is 3. The van der Waals surface area contributed by atoms with E-state index in [0.717, 1.165) is 32.3 Å². The fraction of sp³-hybridized carbons (Fsp3) is 0.684. The molecule has 0 radical (unpaired) electrons. The van der Waals surface area contributed by atoms with Crippen molar-refractivity contribution in [3.63, 3.8) is 0 Å². The van der Waals surface area contributed by atoms with Crippen molar-refractivity contribution in [2.24, 2.45) is 11.8 Å². The van der Waals surface area contributed by atoms with E-state index in [2.05, 4.69) is 24.3 Å². The summed E-state index contributed by atoms with van der Waals surface area (Å²) in [6, 6.07) is 8.81. The summed E-state index contributed by atoms with van der Waals surface area (Å²) in [5.74, 6) is 0.903. The van der Waals surface area contributed by atoms with E-state index in [-0.39, 0.29) is 0 Å². The van der Waals surface area contributed by atoms with Crippen molar-refractivity contribution in [2.45, 2.75) is 63.1 Å². The molecule has 0 aromatic heterocycles. The lowest BCUT2D eigenvalue weighted by atomic mass is 9.78. The molecule has 2 nitrogen and oxygen atoms in total. The minimum absolute atomic E-state index is 0.402. The molecule has 0 amide bonds. The molecular formula is C19H26O2. The molecule has 2 aliphatic carbocycles. The third-order valence-electron chi connectivity index (χ3n) is 6.22. The Morgan fingerprint density at radius 3 is 2.29 bits per heavy atom. The van der Waals surface area contributed by atoms with Crippen LogP contribution in [0.15, 0.2) is 24.3 Å². The van der Waals surface area contributed by atoms with Crippen molar-refractivity contribution in [3.05, 3.63) is 35.4 Å². The largest absolute Gasteiger partial charge is 0.389 e. The monoisotopic (exact) mass is 286 g/mol. The van der Waals surface area contributed by atoms with Crippen LogP contribution in [0.2, 0.25) is 0 Å². The summed E-state index contributed by atoms with van der Waals surface area (Å²) in [6.07, 6.45) is 9.28. The van der Waals surface area contributed by atoms with E-state index >= 15 is 0 Å². The normalized spacial score (nSPS) is 38.2. The Balaban J connectivity index is 1.53. The zero-order chi connectivity index (χ0) is 14.3. The van der Waals surface area contributed by atoms with Gasteiger partial charge in [0.15, 0.2) is 0 Å². The van der Waals surface area contributed by atoms with Crippen LogP contribution >= 0.6 is 0 Å². The van der Waals surface area contributed by atoms with Gasteiger partial charge in [-0.25, -0.2) is 0 Å². The van der Waals surface area contributed by atoms with Gasteiger partial charge in [0.25, 0.3) is 0 Å². The zero-order valence-corrected chi connectivity index (χ0v) is 12.8. The Hall–Kier alpha value is -0.860. The molecule has 0 spiro atoms. The van der Waals surface area contributed by atoms with E-state index < -0.39 is 5.60 Å². The first-order chi connectivity index (χ1) is 10.3. The van der Waals surface area contributed by atoms with Gasteiger partial charge in [-0.05, 0) is 74.3 Å². The third kappa shape index (κ3) is 2.43. The predicted molar refractivity (Wildman–Crippen MR) is 83.2 cm³/mol. The summed E-state index contributed by atoms with van der Waals surface area (Å²) in [7, 11) is 0. The van der Waals surface area contributed by atoms with Crippen LogP contribution in [0.25, 0.3) is 0 Å². The van der Waals surface area contributed by atoms with Crippen LogP contribution in [0.4, 0.5) is 0 Å². The van der Waals surface area contributed by atoms with E-state index in [4.69, 9.17) is 4.74 Å². The SMILES string of the molecule is OC1(CCC2CCCO2)C2CCC1Cc1ccccc1C2. The lowest BCUT2D eigenvalue weighted by Gasteiger charge is -2.34. The molecule has 4 rings (SSSR count). The van der Waals surface area contributed by atoms with Crippen LogP contribution in [-0.2, 0) is 17.6 Å². The molecule has 3 aliphatic rings. The number of rotatable bonds is 3. The van der Waals surface area contributed by atoms with Crippen LogP contribution in [0.1, 0.15) is 49.7 Å². The highest BCUT2D eigenvalue weighted by atomic mass is 16.5. The number of hydrogen-bond acceptors (Lipinski definition) is 2. The molecule has 2 fully saturated rings. The van der Waals surface area contributed by atoms with Crippen molar-refractivity contribution >= 4 is 0 Å². The smallest absolute Gasteiger partial charge is 0.0711 e. The highest BCUT2D eigenvalue weighted by Gasteiger charge is 2.50. The predicted octanol–water partition coefficient (Wildman–Crippen LogP) is 3.50. The van der Waals surface area contributed by atoms with Gasteiger partial charge in [0, 0.05) is 6.61 Å². The fourth-order valence-corrected chi connectivity index (χ4v) is 4.95. The van der Waals surface area contributed by atoms with Crippen molar-refractivity contribution in [3.8, 4) is 0 Å². The topological polar surface area (TPSA) is 29.5 Å². The second-order valence-corrected chi connectivity index (χ2v) is 7.31. The second kappa shape index (κ2) is 5.40. The number of benzene rings is 1. The summed E-state index contributed by atoms with van der Waals surface area (Å²) in [4.78, 5) is 0. The molecule has 1 aromatic carbocycles. The zero-order valence-electron chi connectivity index (χ0n) is 12.8. The molecule has 2 heteroatoms. The van der Waals surface area contributed by atoms with Crippen molar-refractivity contribution in [1.82, 2.24) is 0 Å². The van der Waals surface area contributed by atoms with E-state index in [0.29, 0.717) is 17.9 Å². The van der Waals surface area contributed by atoms with Gasteiger partial charge in [0.05, 0.1) is 11.7 Å². The first-order valence-electron chi connectivity index (χ1n) is 8.66. The molecule has 1 N–H and O–H groups in total. The average molecular weight is 286 g/mol. The van der Waals surface area contributed by atoms with Gasteiger partial charge >= 0.3 is 0 Å². The minimum Gasteiger partial charge on any atom is -0.389 e. The Kier molecular flexibility index (Phi) is 3.55. The maximum Gasteiger partial charge on any atom is 0.0711 e. The van der Waals surface area contributed by atoms with Gasteiger partial charge < -0.3 is 9.84 Å². The summed E-state index contributed by atoms with van der Waals surface area (Å²) in [6.45, 7) is 0.918. The van der Waals surface area contributed by atoms with E-state index in [1.54, 1.807) is 0 Å². The number of hydrogen-bond donors (Lipinski definition) is 1. The van der Waals surface area contributed by atoms with Crippen LogP contribution in [0.3, 0.4) is 0 Å². The van der Waals surface area contributed by atoms with Gasteiger partial charge in [0.1, 0.15) is 0 Å². The van der Waals surface area contributed by atoms with E-state index in [9.17, 15) is 5.11 Å². The fourth-order valence-electron chi connectivity index (χ4n) is 4.95. The van der Waals surface area contributed by atoms with Gasteiger partial charge in [-0.2, -0.15) is 0 Å². The first-order valence-corrected chi connectivity index (χ1v) is 8.66. The maximum absolute atomic E-state index is 11.4. The minimum atomic E-state index is -0.453. The van der Waals surface area contributed by atoms with Crippen molar-refractivity contribution < 1.29 is 9.84 Å².